The molecular formula is C16H15N3O. The van der Waals surface area contributed by atoms with Crippen molar-refractivity contribution in [1.29, 1.82) is 0 Å². The van der Waals surface area contributed by atoms with Gasteiger partial charge in [0, 0.05) is 36.5 Å². The minimum atomic E-state index is 0.591. The number of ether oxygens (including phenoxy) is 1. The molecular weight excluding hydrogens is 250 g/mol. The van der Waals surface area contributed by atoms with Crippen LogP contribution in [0.5, 0.6) is 11.6 Å². The maximum atomic E-state index is 5.79. The summed E-state index contributed by atoms with van der Waals surface area (Å²) in [5.74, 6) is 1.33. The first-order chi connectivity index (χ1) is 9.85. The van der Waals surface area contributed by atoms with Crippen LogP contribution in [0.15, 0.2) is 54.9 Å². The van der Waals surface area contributed by atoms with Crippen LogP contribution >= 0.6 is 0 Å². The topological polar surface area (TPSA) is 47.0 Å². The first-order valence-corrected chi connectivity index (χ1v) is 6.47. The summed E-state index contributed by atoms with van der Waals surface area (Å²) in [5.41, 5.74) is 2.05. The molecule has 0 aliphatic heterocycles. The van der Waals surface area contributed by atoms with Gasteiger partial charge in [-0.1, -0.05) is 6.07 Å². The highest BCUT2D eigenvalue weighted by atomic mass is 16.5. The Morgan fingerprint density at radius 1 is 1.05 bits per heavy atom. The molecule has 2 aromatic heterocycles. The van der Waals surface area contributed by atoms with Gasteiger partial charge in [-0.05, 0) is 36.9 Å². The Balaban J connectivity index is 1.87. The van der Waals surface area contributed by atoms with E-state index in [0.29, 0.717) is 5.88 Å². The van der Waals surface area contributed by atoms with E-state index in [4.69, 9.17) is 4.74 Å². The van der Waals surface area contributed by atoms with Gasteiger partial charge in [0.1, 0.15) is 5.75 Å². The van der Waals surface area contributed by atoms with Gasteiger partial charge in [0.05, 0.1) is 5.52 Å². The monoisotopic (exact) mass is 265 g/mol. The van der Waals surface area contributed by atoms with Gasteiger partial charge < -0.3 is 10.1 Å². The van der Waals surface area contributed by atoms with Gasteiger partial charge >= 0.3 is 0 Å². The highest BCUT2D eigenvalue weighted by molar-refractivity contribution is 5.79. The lowest BCUT2D eigenvalue weighted by molar-refractivity contribution is 0.462. The molecule has 1 aromatic carbocycles. The summed E-state index contributed by atoms with van der Waals surface area (Å²) in [4.78, 5) is 8.55. The van der Waals surface area contributed by atoms with Crippen LogP contribution in [0, 0.1) is 0 Å². The summed E-state index contributed by atoms with van der Waals surface area (Å²) in [7, 11) is 1.91. The molecule has 0 aliphatic rings. The Morgan fingerprint density at radius 2 is 2.00 bits per heavy atom. The van der Waals surface area contributed by atoms with E-state index < -0.39 is 0 Å². The van der Waals surface area contributed by atoms with E-state index in [-0.39, 0.29) is 0 Å². The molecule has 0 unspecified atom stereocenters. The van der Waals surface area contributed by atoms with Crippen LogP contribution in [0.1, 0.15) is 5.56 Å². The van der Waals surface area contributed by atoms with Gasteiger partial charge in [0.2, 0.25) is 5.88 Å². The number of rotatable bonds is 4. The fourth-order valence-electron chi connectivity index (χ4n) is 2.05. The van der Waals surface area contributed by atoms with E-state index in [1.165, 1.54) is 0 Å². The maximum absolute atomic E-state index is 5.79. The fourth-order valence-corrected chi connectivity index (χ4v) is 2.05. The van der Waals surface area contributed by atoms with Crippen molar-refractivity contribution in [3.8, 4) is 11.6 Å². The number of nitrogens with zero attached hydrogens (tertiary/aromatic N) is 2. The maximum Gasteiger partial charge on any atom is 0.219 e. The lowest BCUT2D eigenvalue weighted by atomic mass is 10.2. The molecule has 2 heterocycles. The molecule has 0 saturated heterocycles. The molecule has 4 nitrogen and oxygen atoms in total. The number of hydrogen-bond acceptors (Lipinski definition) is 4. The van der Waals surface area contributed by atoms with Crippen LogP contribution in [0.25, 0.3) is 10.9 Å². The smallest absolute Gasteiger partial charge is 0.219 e. The number of pyridine rings is 2. The van der Waals surface area contributed by atoms with Crippen LogP contribution in [0.2, 0.25) is 0 Å². The lowest BCUT2D eigenvalue weighted by Crippen LogP contribution is -2.05. The van der Waals surface area contributed by atoms with Crippen molar-refractivity contribution >= 4 is 10.9 Å². The van der Waals surface area contributed by atoms with Gasteiger partial charge in [0.25, 0.3) is 0 Å². The standard InChI is InChI=1S/C16H15N3O/c1-17-11-12-6-8-19-16(9-12)20-14-5-4-13-3-2-7-18-15(13)10-14/h2-10,17H,11H2,1H3. The second kappa shape index (κ2) is 5.67. The van der Waals surface area contributed by atoms with Gasteiger partial charge in [-0.3, -0.25) is 4.98 Å². The van der Waals surface area contributed by atoms with Crippen LogP contribution in [0.4, 0.5) is 0 Å². The van der Waals surface area contributed by atoms with Crippen LogP contribution in [-0.4, -0.2) is 17.0 Å². The first-order valence-electron chi connectivity index (χ1n) is 6.47. The van der Waals surface area contributed by atoms with Crippen molar-refractivity contribution < 1.29 is 4.74 Å². The van der Waals surface area contributed by atoms with Crippen molar-refractivity contribution in [3.63, 3.8) is 0 Å². The SMILES string of the molecule is CNCc1ccnc(Oc2ccc3cccnc3c2)c1. The molecule has 0 fully saturated rings. The fraction of sp³-hybridized carbons (Fsp3) is 0.125. The van der Waals surface area contributed by atoms with Crippen LogP contribution < -0.4 is 10.1 Å². The van der Waals surface area contributed by atoms with E-state index in [9.17, 15) is 0 Å². The number of benzene rings is 1. The predicted octanol–water partition coefficient (Wildman–Crippen LogP) is 3.14. The van der Waals surface area contributed by atoms with Crippen molar-refractivity contribution in [2.24, 2.45) is 0 Å². The molecule has 4 heteroatoms. The largest absolute Gasteiger partial charge is 0.439 e. The zero-order valence-corrected chi connectivity index (χ0v) is 11.2. The highest BCUT2D eigenvalue weighted by Crippen LogP contribution is 2.23. The van der Waals surface area contributed by atoms with Crippen LogP contribution in [0.3, 0.4) is 0 Å². The van der Waals surface area contributed by atoms with Crippen molar-refractivity contribution in [3.05, 3.63) is 60.4 Å². The van der Waals surface area contributed by atoms with Gasteiger partial charge in [-0.15, -0.1) is 0 Å². The Morgan fingerprint density at radius 3 is 2.90 bits per heavy atom. The van der Waals surface area contributed by atoms with Gasteiger partial charge in [-0.25, -0.2) is 4.98 Å². The summed E-state index contributed by atoms with van der Waals surface area (Å²) in [6.07, 6.45) is 3.53. The summed E-state index contributed by atoms with van der Waals surface area (Å²) in [6.45, 7) is 0.790. The second-order valence-corrected chi connectivity index (χ2v) is 4.49. The summed E-state index contributed by atoms with van der Waals surface area (Å²) < 4.78 is 5.79. The van der Waals surface area contributed by atoms with E-state index in [1.54, 1.807) is 12.4 Å². The molecule has 20 heavy (non-hydrogen) atoms. The molecule has 0 amide bonds. The average molecular weight is 265 g/mol. The molecule has 0 radical (unpaired) electrons. The summed E-state index contributed by atoms with van der Waals surface area (Å²) in [5, 5.41) is 4.20. The Hall–Kier alpha value is -2.46. The third kappa shape index (κ3) is 2.75. The summed E-state index contributed by atoms with van der Waals surface area (Å²) in [6, 6.07) is 13.7. The Labute approximate surface area is 117 Å². The number of aromatic nitrogens is 2. The van der Waals surface area contributed by atoms with Crippen molar-refractivity contribution in [2.45, 2.75) is 6.54 Å². The zero-order chi connectivity index (χ0) is 13.8. The number of nitrogens with one attached hydrogen (secondary N) is 1. The number of fused-ring (bicyclic) bond motifs is 1. The predicted molar refractivity (Wildman–Crippen MR) is 78.8 cm³/mol. The molecule has 3 aromatic rings. The van der Waals surface area contributed by atoms with Crippen LogP contribution in [-0.2, 0) is 6.54 Å². The van der Waals surface area contributed by atoms with Crippen molar-refractivity contribution in [1.82, 2.24) is 15.3 Å². The first kappa shape index (κ1) is 12.6. The van der Waals surface area contributed by atoms with E-state index in [1.807, 2.05) is 49.5 Å². The normalized spacial score (nSPS) is 10.7. The third-order valence-corrected chi connectivity index (χ3v) is 2.98. The second-order valence-electron chi connectivity index (χ2n) is 4.49. The van der Waals surface area contributed by atoms with Crippen molar-refractivity contribution in [2.75, 3.05) is 7.05 Å². The molecule has 0 bridgehead atoms. The molecule has 3 rings (SSSR count). The average Bonchev–Trinajstić information content (AvgIpc) is 2.48. The Kier molecular flexibility index (Phi) is 3.56. The minimum absolute atomic E-state index is 0.591. The quantitative estimate of drug-likeness (QED) is 0.787. The lowest BCUT2D eigenvalue weighted by Gasteiger charge is -2.07. The summed E-state index contributed by atoms with van der Waals surface area (Å²) >= 11 is 0. The van der Waals surface area contributed by atoms with Gasteiger partial charge in [-0.2, -0.15) is 0 Å². The zero-order valence-electron chi connectivity index (χ0n) is 11.2. The Bertz CT molecular complexity index is 727. The molecule has 0 saturated carbocycles. The van der Waals surface area contributed by atoms with E-state index >= 15 is 0 Å². The third-order valence-electron chi connectivity index (χ3n) is 2.98. The highest BCUT2D eigenvalue weighted by Gasteiger charge is 2.02. The van der Waals surface area contributed by atoms with E-state index in [0.717, 1.165) is 28.8 Å². The molecule has 0 atom stereocenters. The molecule has 0 spiro atoms. The van der Waals surface area contributed by atoms with E-state index in [2.05, 4.69) is 15.3 Å². The minimum Gasteiger partial charge on any atom is -0.439 e. The molecule has 100 valence electrons. The molecule has 1 N–H and O–H groups in total. The number of hydrogen-bond donors (Lipinski definition) is 1. The van der Waals surface area contributed by atoms with Gasteiger partial charge in [0.15, 0.2) is 0 Å². The molecule has 0 aliphatic carbocycles.